The molecule has 0 amide bonds. The summed E-state index contributed by atoms with van der Waals surface area (Å²) in [5, 5.41) is 0. The lowest BCUT2D eigenvalue weighted by atomic mass is 10.1. The van der Waals surface area contributed by atoms with E-state index in [9.17, 15) is 0 Å². The van der Waals surface area contributed by atoms with Crippen molar-refractivity contribution in [1.29, 1.82) is 0 Å². The molecule has 1 saturated heterocycles. The van der Waals surface area contributed by atoms with Gasteiger partial charge in [-0.25, -0.2) is 9.97 Å². The monoisotopic (exact) mass is 421 g/mol. The molecule has 5 heteroatoms. The van der Waals surface area contributed by atoms with Gasteiger partial charge < -0.3 is 9.64 Å². The summed E-state index contributed by atoms with van der Waals surface area (Å²) in [6.07, 6.45) is 6.77. The number of rotatable bonds is 4. The van der Waals surface area contributed by atoms with Crippen LogP contribution in [0.25, 0.3) is 0 Å². The number of hydrogen-bond acceptors (Lipinski definition) is 4. The van der Waals surface area contributed by atoms with E-state index in [1.807, 2.05) is 24.4 Å². The first kappa shape index (κ1) is 15.2. The van der Waals surface area contributed by atoms with Crippen molar-refractivity contribution < 1.29 is 4.74 Å². The molecule has 1 aromatic heterocycles. The van der Waals surface area contributed by atoms with Gasteiger partial charge in [0.25, 0.3) is 0 Å². The molecule has 4 rings (SSSR count). The first-order valence-electron chi connectivity index (χ1n) is 8.28. The third-order valence-corrected chi connectivity index (χ3v) is 5.39. The Hall–Kier alpha value is -1.37. The Morgan fingerprint density at radius 3 is 2.57 bits per heavy atom. The van der Waals surface area contributed by atoms with Crippen molar-refractivity contribution in [2.24, 2.45) is 0 Å². The van der Waals surface area contributed by atoms with Crippen molar-refractivity contribution in [3.8, 4) is 5.75 Å². The molecule has 1 aromatic carbocycles. The number of aromatic nitrogens is 2. The Balaban J connectivity index is 1.37. The molecule has 0 spiro atoms. The minimum atomic E-state index is 0.298. The van der Waals surface area contributed by atoms with E-state index in [0.29, 0.717) is 12.0 Å². The normalized spacial score (nSPS) is 18.9. The average Bonchev–Trinajstić information content (AvgIpc) is 3.43. The van der Waals surface area contributed by atoms with Crippen molar-refractivity contribution >= 4 is 28.4 Å². The van der Waals surface area contributed by atoms with Crippen molar-refractivity contribution in [1.82, 2.24) is 9.97 Å². The van der Waals surface area contributed by atoms with Gasteiger partial charge in [0.05, 0.1) is 3.57 Å². The van der Waals surface area contributed by atoms with Crippen molar-refractivity contribution in [3.63, 3.8) is 0 Å². The van der Waals surface area contributed by atoms with Crippen molar-refractivity contribution in [3.05, 3.63) is 45.9 Å². The van der Waals surface area contributed by atoms with Gasteiger partial charge in [-0.2, -0.15) is 0 Å². The fourth-order valence-corrected chi connectivity index (χ4v) is 3.52. The van der Waals surface area contributed by atoms with Gasteiger partial charge in [-0.05, 0) is 53.6 Å². The van der Waals surface area contributed by atoms with Gasteiger partial charge >= 0.3 is 0 Å². The van der Waals surface area contributed by atoms with Gasteiger partial charge in [-0.3, -0.25) is 0 Å². The summed E-state index contributed by atoms with van der Waals surface area (Å²) < 4.78 is 7.35. The van der Waals surface area contributed by atoms with E-state index >= 15 is 0 Å². The fourth-order valence-electron chi connectivity index (χ4n) is 3.00. The predicted octanol–water partition coefficient (Wildman–Crippen LogP) is 4.01. The molecule has 0 atom stereocenters. The molecule has 2 aliphatic rings. The highest BCUT2D eigenvalue weighted by Gasteiger charge is 2.28. The molecule has 4 nitrogen and oxygen atoms in total. The van der Waals surface area contributed by atoms with Gasteiger partial charge in [0.15, 0.2) is 0 Å². The maximum atomic E-state index is 6.18. The number of halogens is 1. The lowest BCUT2D eigenvalue weighted by Crippen LogP contribution is -2.38. The first-order chi connectivity index (χ1) is 11.3. The van der Waals surface area contributed by atoms with Crippen LogP contribution < -0.4 is 9.64 Å². The molecular weight excluding hydrogens is 401 g/mol. The van der Waals surface area contributed by atoms with Crippen LogP contribution in [0.15, 0.2) is 36.5 Å². The maximum Gasteiger partial charge on any atom is 0.133 e. The van der Waals surface area contributed by atoms with E-state index in [1.165, 1.54) is 16.4 Å². The molecule has 1 saturated carbocycles. The van der Waals surface area contributed by atoms with E-state index in [2.05, 4.69) is 44.6 Å². The molecule has 120 valence electrons. The van der Waals surface area contributed by atoms with E-state index in [0.717, 1.165) is 43.3 Å². The molecular formula is C18H20IN3O. The van der Waals surface area contributed by atoms with Crippen molar-refractivity contribution in [2.75, 3.05) is 18.0 Å². The number of piperidine rings is 1. The number of anilines is 1. The third-order valence-electron chi connectivity index (χ3n) is 4.50. The van der Waals surface area contributed by atoms with Gasteiger partial charge in [0.2, 0.25) is 0 Å². The minimum absolute atomic E-state index is 0.298. The number of nitrogens with zero attached hydrogens (tertiary/aromatic N) is 3. The van der Waals surface area contributed by atoms with Crippen LogP contribution >= 0.6 is 22.6 Å². The van der Waals surface area contributed by atoms with Gasteiger partial charge in [0.1, 0.15) is 23.5 Å². The zero-order valence-electron chi connectivity index (χ0n) is 13.0. The number of ether oxygens (including phenoxy) is 1. The van der Waals surface area contributed by atoms with Gasteiger partial charge in [-0.15, -0.1) is 0 Å². The second-order valence-corrected chi connectivity index (χ2v) is 7.44. The van der Waals surface area contributed by atoms with E-state index < -0.39 is 0 Å². The summed E-state index contributed by atoms with van der Waals surface area (Å²) in [6.45, 7) is 1.99. The summed E-state index contributed by atoms with van der Waals surface area (Å²) in [5.41, 5.74) is 0. The van der Waals surface area contributed by atoms with Crippen LogP contribution in [-0.2, 0) is 0 Å². The summed E-state index contributed by atoms with van der Waals surface area (Å²) >= 11 is 2.33. The zero-order valence-corrected chi connectivity index (χ0v) is 15.1. The number of para-hydroxylation sites is 1. The molecule has 23 heavy (non-hydrogen) atoms. The molecule has 1 aliphatic heterocycles. The third kappa shape index (κ3) is 3.59. The predicted molar refractivity (Wildman–Crippen MR) is 99.0 cm³/mol. The van der Waals surface area contributed by atoms with E-state index in [4.69, 9.17) is 9.72 Å². The topological polar surface area (TPSA) is 38.2 Å². The average molecular weight is 421 g/mol. The summed E-state index contributed by atoms with van der Waals surface area (Å²) in [5.74, 6) is 3.72. The Kier molecular flexibility index (Phi) is 4.37. The SMILES string of the molecule is Ic1ccccc1OC1CCN(c2ccnc(C3CC3)n2)CC1. The number of hydrogen-bond donors (Lipinski definition) is 0. The number of benzene rings is 1. The Bertz CT molecular complexity index is 681. The quantitative estimate of drug-likeness (QED) is 0.700. The van der Waals surface area contributed by atoms with E-state index in [1.54, 1.807) is 0 Å². The van der Waals surface area contributed by atoms with Crippen LogP contribution in [0.1, 0.15) is 37.4 Å². The molecule has 0 unspecified atom stereocenters. The van der Waals surface area contributed by atoms with Crippen molar-refractivity contribution in [2.45, 2.75) is 37.7 Å². The highest BCUT2D eigenvalue weighted by Crippen LogP contribution is 2.38. The molecule has 1 aliphatic carbocycles. The molecule has 2 aromatic rings. The summed E-state index contributed by atoms with van der Waals surface area (Å²) in [7, 11) is 0. The molecule has 0 bridgehead atoms. The highest BCUT2D eigenvalue weighted by atomic mass is 127. The summed E-state index contributed by atoms with van der Waals surface area (Å²) in [4.78, 5) is 11.5. The highest BCUT2D eigenvalue weighted by molar-refractivity contribution is 14.1. The Labute approximate surface area is 150 Å². The van der Waals surface area contributed by atoms with Crippen LogP contribution in [0, 0.1) is 3.57 Å². The Morgan fingerprint density at radius 2 is 1.83 bits per heavy atom. The molecule has 2 fully saturated rings. The summed E-state index contributed by atoms with van der Waals surface area (Å²) in [6, 6.07) is 10.3. The van der Waals surface area contributed by atoms with Crippen LogP contribution in [0.4, 0.5) is 5.82 Å². The lowest BCUT2D eigenvalue weighted by Gasteiger charge is -2.33. The van der Waals surface area contributed by atoms with Crippen LogP contribution in [-0.4, -0.2) is 29.2 Å². The minimum Gasteiger partial charge on any atom is -0.489 e. The fraction of sp³-hybridized carbons (Fsp3) is 0.444. The lowest BCUT2D eigenvalue weighted by molar-refractivity contribution is 0.169. The maximum absolute atomic E-state index is 6.18. The second kappa shape index (κ2) is 6.63. The molecule has 2 heterocycles. The van der Waals surface area contributed by atoms with Crippen LogP contribution in [0.3, 0.4) is 0 Å². The zero-order chi connectivity index (χ0) is 15.6. The van der Waals surface area contributed by atoms with Crippen LogP contribution in [0.2, 0.25) is 0 Å². The largest absolute Gasteiger partial charge is 0.489 e. The molecule has 0 N–H and O–H groups in total. The van der Waals surface area contributed by atoms with Crippen LogP contribution in [0.5, 0.6) is 5.75 Å². The van der Waals surface area contributed by atoms with Gasteiger partial charge in [-0.1, -0.05) is 12.1 Å². The first-order valence-corrected chi connectivity index (χ1v) is 9.36. The van der Waals surface area contributed by atoms with E-state index in [-0.39, 0.29) is 0 Å². The standard InChI is InChI=1S/C18H20IN3O/c19-15-3-1-2-4-16(15)23-14-8-11-22(12-9-14)17-7-10-20-18(21-17)13-5-6-13/h1-4,7,10,13-14H,5-6,8-9,11-12H2. The smallest absolute Gasteiger partial charge is 0.133 e. The Morgan fingerprint density at radius 1 is 1.04 bits per heavy atom. The second-order valence-electron chi connectivity index (χ2n) is 6.28. The molecule has 0 radical (unpaired) electrons. The van der Waals surface area contributed by atoms with Gasteiger partial charge in [0, 0.05) is 38.0 Å².